The molecule has 0 aromatic rings. The van der Waals surface area contributed by atoms with E-state index < -0.39 is 0 Å². The summed E-state index contributed by atoms with van der Waals surface area (Å²) in [5, 5.41) is 0. The van der Waals surface area contributed by atoms with Crippen LogP contribution in [0.3, 0.4) is 0 Å². The zero-order valence-corrected chi connectivity index (χ0v) is 33.6. The third kappa shape index (κ3) is 10.9. The molecule has 0 amide bonds. The van der Waals surface area contributed by atoms with E-state index in [4.69, 9.17) is 4.74 Å². The van der Waals surface area contributed by atoms with Crippen LogP contribution in [0.2, 0.25) is 0 Å². The van der Waals surface area contributed by atoms with E-state index in [0.717, 1.165) is 73.5 Å². The Morgan fingerprint density at radius 1 is 0.837 bits per heavy atom. The molecule has 0 aromatic carbocycles. The summed E-state index contributed by atoms with van der Waals surface area (Å²) in [6.07, 6.45) is 40.5. The molecular formula is C47H80O2. The number of hydrogen-bond acceptors (Lipinski definition) is 2. The summed E-state index contributed by atoms with van der Waals surface area (Å²) in [6, 6.07) is 0. The van der Waals surface area contributed by atoms with Crippen molar-refractivity contribution in [2.75, 3.05) is 0 Å². The minimum Gasteiger partial charge on any atom is -0.462 e. The Morgan fingerprint density at radius 3 is 2.27 bits per heavy atom. The van der Waals surface area contributed by atoms with Crippen LogP contribution in [0, 0.1) is 52.3 Å². The number of allylic oxidation sites excluding steroid dienone is 5. The molecule has 0 aliphatic heterocycles. The van der Waals surface area contributed by atoms with Crippen LogP contribution in [-0.4, -0.2) is 12.1 Å². The van der Waals surface area contributed by atoms with E-state index in [-0.39, 0.29) is 12.1 Å². The van der Waals surface area contributed by atoms with E-state index in [2.05, 4.69) is 78.8 Å². The molecule has 280 valence electrons. The maximum absolute atomic E-state index is 12.8. The van der Waals surface area contributed by atoms with Gasteiger partial charge < -0.3 is 4.74 Å². The number of carbonyl (C=O) groups is 1. The summed E-state index contributed by atoms with van der Waals surface area (Å²) in [4.78, 5) is 12.8. The highest BCUT2D eigenvalue weighted by Gasteiger charge is 2.59. The number of unbranched alkanes of at least 4 members (excludes halogenated alkanes) is 8. The molecule has 9 atom stereocenters. The van der Waals surface area contributed by atoms with Crippen LogP contribution in [-0.2, 0) is 9.53 Å². The highest BCUT2D eigenvalue weighted by Crippen LogP contribution is 2.67. The van der Waals surface area contributed by atoms with Gasteiger partial charge in [0.05, 0.1) is 0 Å². The van der Waals surface area contributed by atoms with Crippen LogP contribution in [0.15, 0.2) is 36.0 Å². The molecule has 2 nitrogen and oxygen atoms in total. The molecule has 0 heterocycles. The quantitative estimate of drug-likeness (QED) is 0.0687. The van der Waals surface area contributed by atoms with Crippen LogP contribution >= 0.6 is 0 Å². The van der Waals surface area contributed by atoms with Gasteiger partial charge in [-0.1, -0.05) is 129 Å². The summed E-state index contributed by atoms with van der Waals surface area (Å²) < 4.78 is 6.13. The van der Waals surface area contributed by atoms with Crippen molar-refractivity contribution in [3.8, 4) is 0 Å². The van der Waals surface area contributed by atoms with Gasteiger partial charge in [-0.15, -0.1) is 0 Å². The van der Waals surface area contributed by atoms with Gasteiger partial charge in [-0.3, -0.25) is 4.79 Å². The van der Waals surface area contributed by atoms with Crippen LogP contribution in [0.1, 0.15) is 196 Å². The highest BCUT2D eigenvalue weighted by atomic mass is 16.5. The summed E-state index contributed by atoms with van der Waals surface area (Å²) in [5.41, 5.74) is 2.50. The summed E-state index contributed by atoms with van der Waals surface area (Å²) in [6.45, 7) is 17.4. The van der Waals surface area contributed by atoms with E-state index in [1.807, 2.05) is 0 Å². The molecule has 0 unspecified atom stereocenters. The van der Waals surface area contributed by atoms with Crippen molar-refractivity contribution in [1.82, 2.24) is 0 Å². The fourth-order valence-corrected chi connectivity index (χ4v) is 11.7. The van der Waals surface area contributed by atoms with Crippen LogP contribution in [0.4, 0.5) is 0 Å². The van der Waals surface area contributed by atoms with Gasteiger partial charge in [0.1, 0.15) is 6.10 Å². The van der Waals surface area contributed by atoms with Gasteiger partial charge >= 0.3 is 5.97 Å². The Kier molecular flexibility index (Phi) is 16.6. The second-order valence-electron chi connectivity index (χ2n) is 18.3. The number of carbonyl (C=O) groups excluding carboxylic acids is 1. The van der Waals surface area contributed by atoms with E-state index in [1.165, 1.54) is 109 Å². The molecule has 0 bridgehead atoms. The molecule has 3 fully saturated rings. The third-order valence-corrected chi connectivity index (χ3v) is 14.9. The van der Waals surface area contributed by atoms with Crippen molar-refractivity contribution < 1.29 is 9.53 Å². The first-order valence-corrected chi connectivity index (χ1v) is 21.8. The average Bonchev–Trinajstić information content (AvgIpc) is 3.44. The molecule has 4 rings (SSSR count). The zero-order valence-electron chi connectivity index (χ0n) is 33.6. The summed E-state index contributed by atoms with van der Waals surface area (Å²) in [5.74, 6) is 6.13. The molecule has 0 aromatic heterocycles. The van der Waals surface area contributed by atoms with Gasteiger partial charge in [-0.2, -0.15) is 0 Å². The predicted octanol–water partition coefficient (Wildman–Crippen LogP) is 14.4. The van der Waals surface area contributed by atoms with Gasteiger partial charge in [0.25, 0.3) is 0 Å². The van der Waals surface area contributed by atoms with E-state index in [9.17, 15) is 4.79 Å². The summed E-state index contributed by atoms with van der Waals surface area (Å²) in [7, 11) is 0. The minimum atomic E-state index is 0.0479. The average molecular weight is 677 g/mol. The van der Waals surface area contributed by atoms with Crippen molar-refractivity contribution in [2.24, 2.45) is 52.3 Å². The molecule has 0 N–H and O–H groups in total. The standard InChI is InChI=1S/C47H80O2/c1-8-10-11-12-13-14-15-16-17-18-19-20-21-22-23-24-45(48)49-40-31-33-46(6)39(35-40)27-28-41-43-30-29-42(47(43,7)34-32-44(41)46)37(5)25-26-38(9-2)36(3)4/h13-14,16-17,27,36-38,40-44H,8-12,15,18-26,28-35H2,1-7H3/t37-,38-,40+,41+,42-,43+,44+,46+,47-/m1/s1. The third-order valence-electron chi connectivity index (χ3n) is 14.9. The van der Waals surface area contributed by atoms with Crippen molar-refractivity contribution in [1.29, 1.82) is 0 Å². The number of fused-ring (bicyclic) bond motifs is 5. The minimum absolute atomic E-state index is 0.0479. The van der Waals surface area contributed by atoms with Crippen molar-refractivity contribution in [2.45, 2.75) is 202 Å². The lowest BCUT2D eigenvalue weighted by Crippen LogP contribution is -2.51. The monoisotopic (exact) mass is 677 g/mol. The Labute approximate surface area is 305 Å². The maximum atomic E-state index is 12.8. The Balaban J connectivity index is 1.14. The fraction of sp³-hybridized carbons (Fsp3) is 0.851. The maximum Gasteiger partial charge on any atom is 0.306 e. The number of ether oxygens (including phenoxy) is 1. The molecule has 3 saturated carbocycles. The predicted molar refractivity (Wildman–Crippen MR) is 211 cm³/mol. The smallest absolute Gasteiger partial charge is 0.306 e. The van der Waals surface area contributed by atoms with Crippen molar-refractivity contribution >= 4 is 5.97 Å². The van der Waals surface area contributed by atoms with Crippen LogP contribution in [0.25, 0.3) is 0 Å². The van der Waals surface area contributed by atoms with Crippen LogP contribution in [0.5, 0.6) is 0 Å². The SMILES string of the molecule is CCCCCC=CCC=CCCCCCCCC(=O)O[C@H]1CC[C@@]2(C)C(=CC[C@H]3[C@@H]4CC[C@H]([C@H](C)CC[C@@H](CC)C(C)C)[C@@]4(C)CC[C@@H]32)C1. The van der Waals surface area contributed by atoms with E-state index in [0.29, 0.717) is 17.3 Å². The first-order chi connectivity index (χ1) is 23.6. The fourth-order valence-electron chi connectivity index (χ4n) is 11.7. The summed E-state index contributed by atoms with van der Waals surface area (Å²) >= 11 is 0. The molecule has 4 aliphatic rings. The molecule has 2 heteroatoms. The second-order valence-corrected chi connectivity index (χ2v) is 18.3. The van der Waals surface area contributed by atoms with Gasteiger partial charge in [0, 0.05) is 12.8 Å². The molecule has 0 saturated heterocycles. The van der Waals surface area contributed by atoms with Crippen molar-refractivity contribution in [3.05, 3.63) is 36.0 Å². The Morgan fingerprint density at radius 2 is 1.55 bits per heavy atom. The largest absolute Gasteiger partial charge is 0.462 e. The lowest BCUT2D eigenvalue weighted by Gasteiger charge is -2.58. The van der Waals surface area contributed by atoms with Gasteiger partial charge in [-0.05, 0) is 142 Å². The normalized spacial score (nSPS) is 32.6. The molecule has 0 radical (unpaired) electrons. The first-order valence-electron chi connectivity index (χ1n) is 21.8. The van der Waals surface area contributed by atoms with Gasteiger partial charge in [0.15, 0.2) is 0 Å². The lowest BCUT2D eigenvalue weighted by molar-refractivity contribution is -0.151. The molecular weight excluding hydrogens is 597 g/mol. The van der Waals surface area contributed by atoms with Crippen LogP contribution < -0.4 is 0 Å². The first kappa shape index (κ1) is 40.5. The molecule has 0 spiro atoms. The number of hydrogen-bond donors (Lipinski definition) is 0. The van der Waals surface area contributed by atoms with Crippen molar-refractivity contribution in [3.63, 3.8) is 0 Å². The van der Waals surface area contributed by atoms with E-state index in [1.54, 1.807) is 5.57 Å². The number of esters is 1. The molecule has 49 heavy (non-hydrogen) atoms. The van der Waals surface area contributed by atoms with E-state index >= 15 is 0 Å². The Hall–Kier alpha value is -1.31. The lowest BCUT2D eigenvalue weighted by atomic mass is 9.47. The highest BCUT2D eigenvalue weighted by molar-refractivity contribution is 5.69. The Bertz CT molecular complexity index is 1070. The second kappa shape index (κ2) is 20.1. The topological polar surface area (TPSA) is 26.3 Å². The molecule has 4 aliphatic carbocycles. The van der Waals surface area contributed by atoms with Gasteiger partial charge in [0.2, 0.25) is 0 Å². The zero-order chi connectivity index (χ0) is 35.3. The number of rotatable bonds is 21. The van der Waals surface area contributed by atoms with Gasteiger partial charge in [-0.25, -0.2) is 0 Å².